The van der Waals surface area contributed by atoms with Crippen molar-refractivity contribution < 1.29 is 105 Å². The fraction of sp³-hybridized carbons (Fsp3) is 0.755. The smallest absolute Gasteiger partial charge is 0.312 e. The quantitative estimate of drug-likeness (QED) is 0.0217. The Morgan fingerprint density at radius 1 is 0.321 bits per heavy atom. The van der Waals surface area contributed by atoms with Gasteiger partial charge in [-0.2, -0.15) is 0 Å². The van der Waals surface area contributed by atoms with Gasteiger partial charge >= 0.3 is 18.0 Å². The highest BCUT2D eigenvalue weighted by Gasteiger charge is 2.35. The van der Waals surface area contributed by atoms with Gasteiger partial charge in [0, 0.05) is 99.1 Å². The molecule has 2 rings (SSSR count). The van der Waals surface area contributed by atoms with E-state index in [1.54, 1.807) is 52.0 Å². The van der Waals surface area contributed by atoms with Crippen molar-refractivity contribution in [2.24, 2.45) is 81.5 Å². The number of unbranched alkanes of at least 4 members (excludes halogenated alkanes) is 4. The number of amides is 10. The number of Topliss-reactive ketones (excluding diaryl/α,β-unsaturated/α-hetero) is 4. The van der Waals surface area contributed by atoms with Crippen LogP contribution in [-0.4, -0.2) is 220 Å². The zero-order chi connectivity index (χ0) is 101. The maximum Gasteiger partial charge on any atom is 0.312 e. The third kappa shape index (κ3) is 67.8. The van der Waals surface area contributed by atoms with E-state index in [4.69, 9.17) is 54.1 Å². The average Bonchev–Trinajstić information content (AvgIpc) is 0.865. The minimum atomic E-state index is -0.780. The summed E-state index contributed by atoms with van der Waals surface area (Å²) in [6.07, 6.45) is 13.1. The number of hydrogen-bond acceptors (Lipinski definition) is 22. The van der Waals surface area contributed by atoms with Crippen LogP contribution in [0.4, 0.5) is 21.0 Å². The molecule has 2 aromatic rings. The number of primary amides is 2. The van der Waals surface area contributed by atoms with Gasteiger partial charge in [0.05, 0.1) is 129 Å². The van der Waals surface area contributed by atoms with E-state index in [-0.39, 0.29) is 140 Å². The van der Waals surface area contributed by atoms with Gasteiger partial charge in [-0.15, -0.1) is 0 Å². The van der Waals surface area contributed by atoms with Crippen LogP contribution >= 0.6 is 0 Å². The van der Waals surface area contributed by atoms with Crippen molar-refractivity contribution in [3.8, 4) is 0 Å². The molecule has 0 aliphatic heterocycles. The summed E-state index contributed by atoms with van der Waals surface area (Å²) in [6.45, 7) is 49.1. The Morgan fingerprint density at radius 2 is 0.657 bits per heavy atom. The van der Waals surface area contributed by atoms with Crippen LogP contribution in [0.5, 0.6) is 0 Å². The van der Waals surface area contributed by atoms with Crippen molar-refractivity contribution >= 4 is 88.0 Å². The van der Waals surface area contributed by atoms with Crippen molar-refractivity contribution in [3.63, 3.8) is 0 Å². The molecule has 0 saturated carbocycles. The molecule has 32 heteroatoms. The lowest BCUT2D eigenvalue weighted by Crippen LogP contribution is -2.45. The van der Waals surface area contributed by atoms with Crippen LogP contribution in [0.1, 0.15) is 285 Å². The molecule has 0 saturated heterocycles. The number of esters is 1. The number of rotatable bonds is 74. The fourth-order valence-electron chi connectivity index (χ4n) is 13.7. The number of urea groups is 2. The highest BCUT2D eigenvalue weighted by atomic mass is 16.6. The topological polar surface area (TPSA) is 453 Å². The van der Waals surface area contributed by atoms with Crippen LogP contribution in [0.3, 0.4) is 0 Å². The van der Waals surface area contributed by atoms with Gasteiger partial charge in [0.15, 0.2) is 17.3 Å². The first-order valence-electron chi connectivity index (χ1n) is 49.2. The van der Waals surface area contributed by atoms with E-state index in [0.717, 1.165) is 63.4 Å². The van der Waals surface area contributed by atoms with E-state index in [9.17, 15) is 62.3 Å². The molecule has 2 aromatic carbocycles. The lowest BCUT2D eigenvalue weighted by Gasteiger charge is -2.25. The van der Waals surface area contributed by atoms with Gasteiger partial charge in [0.2, 0.25) is 35.4 Å². The molecule has 0 fully saturated rings. The van der Waals surface area contributed by atoms with Gasteiger partial charge in [0.25, 0.3) is 0 Å². The molecule has 32 nitrogen and oxygen atoms in total. The summed E-state index contributed by atoms with van der Waals surface area (Å²) in [4.78, 5) is 162. The van der Waals surface area contributed by atoms with Crippen LogP contribution in [0.2, 0.25) is 0 Å². The lowest BCUT2D eigenvalue weighted by molar-refractivity contribution is -0.154. The van der Waals surface area contributed by atoms with Crippen molar-refractivity contribution in [1.82, 2.24) is 31.9 Å². The molecule has 12 N–H and O–H groups in total. The molecule has 0 heterocycles. The van der Waals surface area contributed by atoms with Gasteiger partial charge in [-0.3, -0.25) is 52.7 Å². The summed E-state index contributed by atoms with van der Waals surface area (Å²) in [5.41, 5.74) is 12.4. The van der Waals surface area contributed by atoms with Crippen molar-refractivity contribution in [3.05, 3.63) is 59.7 Å². The van der Waals surface area contributed by atoms with Crippen molar-refractivity contribution in [1.29, 1.82) is 0 Å². The van der Waals surface area contributed by atoms with Gasteiger partial charge in [-0.1, -0.05) is 187 Å². The molecule has 0 aliphatic rings. The van der Waals surface area contributed by atoms with E-state index >= 15 is 0 Å². The second-order valence-electron chi connectivity index (χ2n) is 39.4. The molecular weight excluding hydrogens is 1720 g/mol. The SMILES string of the molecule is CC(C)CCC(=O)NCCOCCOCCOCCOCCOCCOCCOCCOCCC(=O)N[C@H](C(=O)C[C@@H](CCCNC(N)=O)C(=O)Nc1ccc(CC(C)C)cc1)C(C)C.CC(C)CCCCCC(=O)N[C@H](C(=O)C[C@@H](C)C(=O)C(C)(C)C)C(C)C.CC(C)CCCCCC(=O)N[C@H](C(=O)C[C@@H](CCCNC(N)=O)C(=O)Nc1ccc(COC(=O)C(C)(C)C)cc1)C(C)C. The summed E-state index contributed by atoms with van der Waals surface area (Å²) < 4.78 is 49.4. The number of nitrogens with one attached hydrogen (secondary N) is 8. The van der Waals surface area contributed by atoms with Gasteiger partial charge in [0.1, 0.15) is 12.4 Å². The maximum atomic E-state index is 13.5. The molecule has 134 heavy (non-hydrogen) atoms. The van der Waals surface area contributed by atoms with Crippen LogP contribution < -0.4 is 54.0 Å². The Bertz CT molecular complexity index is 3600. The van der Waals surface area contributed by atoms with E-state index in [0.29, 0.717) is 186 Å². The Balaban J connectivity index is 0.00000219. The first-order valence-corrected chi connectivity index (χ1v) is 49.2. The standard InChI is InChI=1S/C47H83N5O13.C33H54N4O6.C22H41NO3/c1-36(2)9-14-43(54)49-17-19-59-21-23-61-25-27-63-29-31-65-33-32-64-30-28-62-26-24-60-22-20-58-18-15-44(55)52-45(38(5)6)42(53)35-40(8-7-16-50-47(48)57)46(56)51-41-12-10-39(11-13-41)34-37(3)4;1-22(2)12-9-8-10-14-28(39)37-29(23(3)4)27(38)20-25(13-11-19-35-32(34)42)30(40)36-26-17-15-24(16-18-26)21-43-31(41)33(5,6)7;1-15(2)12-10-9-11-13-19(25)23-20(16(3)4)18(24)14-17(5)21(26)22(6,7)8/h10-13,36-38,40,45H,7-9,14-35H2,1-6H3,(H,49,54)(H,51,56)(H,52,55)(H3,48,50,57);15-18,22-23,25,29H,8-14,19-21H2,1-7H3,(H,36,40)(H,37,39)(H3,34,35,42);15-17,20H,9-14H2,1-8H3,(H,23,25)/t40-,45+;25-,29+;17-,20+/m111/s1. The summed E-state index contributed by atoms with van der Waals surface area (Å²) >= 11 is 0. The number of carbonyl (C=O) groups is 13. The van der Waals surface area contributed by atoms with Gasteiger partial charge in [-0.25, -0.2) is 9.59 Å². The number of hydrogen-bond donors (Lipinski definition) is 10. The normalized spacial score (nSPS) is 12.9. The predicted octanol–water partition coefficient (Wildman–Crippen LogP) is 14.5. The molecule has 0 radical (unpaired) electrons. The van der Waals surface area contributed by atoms with Crippen LogP contribution in [0.15, 0.2) is 48.5 Å². The first-order chi connectivity index (χ1) is 63.2. The molecule has 0 spiro atoms. The maximum absolute atomic E-state index is 13.5. The fourth-order valence-corrected chi connectivity index (χ4v) is 13.7. The molecule has 0 aromatic heterocycles. The van der Waals surface area contributed by atoms with E-state index < -0.39 is 52.9 Å². The summed E-state index contributed by atoms with van der Waals surface area (Å²) in [5.74, 6) is -1.48. The van der Waals surface area contributed by atoms with Crippen LogP contribution in [0.25, 0.3) is 0 Å². The minimum absolute atomic E-state index is 0.0179. The van der Waals surface area contributed by atoms with E-state index in [2.05, 4.69) is 97.9 Å². The summed E-state index contributed by atoms with van der Waals surface area (Å²) in [5, 5.41) is 22.3. The highest BCUT2D eigenvalue weighted by molar-refractivity contribution is 5.99. The average molecular weight is 1900 g/mol. The number of ketones is 4. The number of ether oxygens (including phenoxy) is 9. The number of benzene rings is 2. The molecule has 768 valence electrons. The molecule has 0 aliphatic carbocycles. The van der Waals surface area contributed by atoms with Crippen molar-refractivity contribution in [2.75, 3.05) is 136 Å². The van der Waals surface area contributed by atoms with Crippen LogP contribution in [0, 0.1) is 70.0 Å². The summed E-state index contributed by atoms with van der Waals surface area (Å²) in [6, 6.07) is 11.3. The Labute approximate surface area is 803 Å². The molecule has 6 atom stereocenters. The second-order valence-corrected chi connectivity index (χ2v) is 39.4. The molecule has 0 unspecified atom stereocenters. The second kappa shape index (κ2) is 74.8. The van der Waals surface area contributed by atoms with Crippen molar-refractivity contribution in [2.45, 2.75) is 305 Å². The Morgan fingerprint density at radius 3 is 0.985 bits per heavy atom. The zero-order valence-electron chi connectivity index (χ0n) is 85.8. The first kappa shape index (κ1) is 126. The van der Waals surface area contributed by atoms with Gasteiger partial charge < -0.3 is 96.6 Å². The lowest BCUT2D eigenvalue weighted by atomic mass is 9.80. The summed E-state index contributed by atoms with van der Waals surface area (Å²) in [7, 11) is 0. The third-order valence-electron chi connectivity index (χ3n) is 21.4. The number of nitrogens with two attached hydrogens (primary N) is 2. The minimum Gasteiger partial charge on any atom is -0.460 e. The number of anilines is 2. The molecular formula is C102H178N10O22. The third-order valence-corrected chi connectivity index (χ3v) is 21.4. The Hall–Kier alpha value is -8.37. The van der Waals surface area contributed by atoms with E-state index in [1.165, 1.54) is 12.0 Å². The molecule has 0 bridgehead atoms. The van der Waals surface area contributed by atoms with Gasteiger partial charge in [-0.05, 0) is 149 Å². The Kier molecular flexibility index (Phi) is 70.1. The van der Waals surface area contributed by atoms with Crippen LogP contribution in [-0.2, 0) is 108 Å². The zero-order valence-corrected chi connectivity index (χ0v) is 85.8. The highest BCUT2D eigenvalue weighted by Crippen LogP contribution is 2.27. The predicted molar refractivity (Wildman–Crippen MR) is 525 cm³/mol. The largest absolute Gasteiger partial charge is 0.460 e. The monoisotopic (exact) mass is 1900 g/mol. The van der Waals surface area contributed by atoms with E-state index in [1.807, 2.05) is 86.6 Å². The molecule has 10 amide bonds. The number of carbonyl (C=O) groups excluding carboxylic acids is 13.